The lowest BCUT2D eigenvalue weighted by molar-refractivity contribution is 0.197. The van der Waals surface area contributed by atoms with Gasteiger partial charge in [-0.2, -0.15) is 0 Å². The van der Waals surface area contributed by atoms with Gasteiger partial charge in [-0.1, -0.05) is 11.6 Å². The standard InChI is InChI=1S/C14H19ClN4O/c1-16-7-10-6-11(15)2-3-13(10)18-4-5-19-12(9-18)8-17-14(19)20/h2-3,6,12,16H,4-5,7-9H2,1H3,(H,17,20). The third kappa shape index (κ3) is 2.43. The van der Waals surface area contributed by atoms with Crippen LogP contribution in [-0.4, -0.2) is 50.2 Å². The molecular weight excluding hydrogens is 276 g/mol. The van der Waals surface area contributed by atoms with E-state index >= 15 is 0 Å². The number of nitrogens with one attached hydrogen (secondary N) is 2. The number of carbonyl (C=O) groups is 1. The lowest BCUT2D eigenvalue weighted by atomic mass is 10.1. The predicted molar refractivity (Wildman–Crippen MR) is 80.3 cm³/mol. The molecule has 5 nitrogen and oxygen atoms in total. The number of halogens is 1. The molecule has 2 aliphatic heterocycles. The Morgan fingerprint density at radius 3 is 3.10 bits per heavy atom. The molecule has 0 aromatic heterocycles. The smallest absolute Gasteiger partial charge is 0.317 e. The zero-order chi connectivity index (χ0) is 14.1. The van der Waals surface area contributed by atoms with Crippen molar-refractivity contribution in [3.63, 3.8) is 0 Å². The molecule has 0 aliphatic carbocycles. The highest BCUT2D eigenvalue weighted by molar-refractivity contribution is 6.30. The maximum absolute atomic E-state index is 11.6. The van der Waals surface area contributed by atoms with Crippen LogP contribution in [0.4, 0.5) is 10.5 Å². The van der Waals surface area contributed by atoms with Crippen LogP contribution in [0.25, 0.3) is 0 Å². The maximum Gasteiger partial charge on any atom is 0.317 e. The van der Waals surface area contributed by atoms with Crippen LogP contribution in [0.5, 0.6) is 0 Å². The molecular formula is C14H19ClN4O. The molecule has 0 bridgehead atoms. The van der Waals surface area contributed by atoms with E-state index < -0.39 is 0 Å². The second kappa shape index (κ2) is 5.50. The van der Waals surface area contributed by atoms with Crippen molar-refractivity contribution in [3.05, 3.63) is 28.8 Å². The summed E-state index contributed by atoms with van der Waals surface area (Å²) in [6, 6.07) is 6.36. The number of hydrogen-bond donors (Lipinski definition) is 2. The number of carbonyl (C=O) groups excluding carboxylic acids is 1. The number of anilines is 1. The van der Waals surface area contributed by atoms with E-state index in [1.807, 2.05) is 24.1 Å². The molecule has 1 unspecified atom stereocenters. The zero-order valence-electron chi connectivity index (χ0n) is 11.5. The summed E-state index contributed by atoms with van der Waals surface area (Å²) in [7, 11) is 1.93. The summed E-state index contributed by atoms with van der Waals surface area (Å²) in [6.45, 7) is 4.04. The van der Waals surface area contributed by atoms with Gasteiger partial charge in [-0.25, -0.2) is 4.79 Å². The van der Waals surface area contributed by atoms with Crippen LogP contribution in [0.1, 0.15) is 5.56 Å². The van der Waals surface area contributed by atoms with E-state index in [-0.39, 0.29) is 12.1 Å². The lowest BCUT2D eigenvalue weighted by Gasteiger charge is -2.38. The van der Waals surface area contributed by atoms with E-state index in [1.165, 1.54) is 11.3 Å². The molecule has 2 saturated heterocycles. The fourth-order valence-electron chi connectivity index (χ4n) is 3.02. The largest absolute Gasteiger partial charge is 0.367 e. The molecule has 108 valence electrons. The average molecular weight is 295 g/mol. The minimum Gasteiger partial charge on any atom is -0.367 e. The Kier molecular flexibility index (Phi) is 3.72. The first kappa shape index (κ1) is 13.5. The molecule has 20 heavy (non-hydrogen) atoms. The van der Waals surface area contributed by atoms with E-state index in [0.717, 1.165) is 37.7 Å². The molecule has 2 aliphatic rings. The van der Waals surface area contributed by atoms with E-state index in [4.69, 9.17) is 11.6 Å². The number of nitrogens with zero attached hydrogens (tertiary/aromatic N) is 2. The van der Waals surface area contributed by atoms with Gasteiger partial charge in [0, 0.05) is 43.4 Å². The highest BCUT2D eigenvalue weighted by atomic mass is 35.5. The Labute approximate surface area is 123 Å². The second-order valence-electron chi connectivity index (χ2n) is 5.28. The number of urea groups is 1. The first-order valence-corrected chi connectivity index (χ1v) is 7.29. The van der Waals surface area contributed by atoms with E-state index in [0.29, 0.717) is 0 Å². The number of rotatable bonds is 3. The fourth-order valence-corrected chi connectivity index (χ4v) is 3.21. The van der Waals surface area contributed by atoms with Crippen molar-refractivity contribution in [2.45, 2.75) is 12.6 Å². The Morgan fingerprint density at radius 1 is 1.45 bits per heavy atom. The van der Waals surface area contributed by atoms with Gasteiger partial charge in [0.1, 0.15) is 0 Å². The van der Waals surface area contributed by atoms with Crippen LogP contribution < -0.4 is 15.5 Å². The van der Waals surface area contributed by atoms with E-state index in [9.17, 15) is 4.79 Å². The summed E-state index contributed by atoms with van der Waals surface area (Å²) in [5.41, 5.74) is 2.41. The van der Waals surface area contributed by atoms with Crippen LogP contribution in [-0.2, 0) is 6.54 Å². The van der Waals surface area contributed by atoms with Gasteiger partial charge in [-0.05, 0) is 30.8 Å². The second-order valence-corrected chi connectivity index (χ2v) is 5.72. The molecule has 1 aromatic rings. The average Bonchev–Trinajstić information content (AvgIpc) is 2.80. The summed E-state index contributed by atoms with van der Waals surface area (Å²) in [4.78, 5) is 15.9. The van der Waals surface area contributed by atoms with Crippen LogP contribution >= 0.6 is 11.6 Å². The predicted octanol–water partition coefficient (Wildman–Crippen LogP) is 1.27. The molecule has 2 N–H and O–H groups in total. The minimum atomic E-state index is 0.0706. The summed E-state index contributed by atoms with van der Waals surface area (Å²) in [5.74, 6) is 0. The number of benzene rings is 1. The fraction of sp³-hybridized carbons (Fsp3) is 0.500. The van der Waals surface area contributed by atoms with Crippen LogP contribution in [0.15, 0.2) is 18.2 Å². The highest BCUT2D eigenvalue weighted by Crippen LogP contribution is 2.27. The Morgan fingerprint density at radius 2 is 2.30 bits per heavy atom. The molecule has 1 atom stereocenters. The Bertz CT molecular complexity index is 522. The topological polar surface area (TPSA) is 47.6 Å². The quantitative estimate of drug-likeness (QED) is 0.883. The normalized spacial score (nSPS) is 21.9. The SMILES string of the molecule is CNCc1cc(Cl)ccc1N1CCN2C(=O)NCC2C1. The molecule has 0 saturated carbocycles. The van der Waals surface area contributed by atoms with Crippen LogP contribution in [0, 0.1) is 0 Å². The van der Waals surface area contributed by atoms with Gasteiger partial charge in [-0.3, -0.25) is 0 Å². The maximum atomic E-state index is 11.6. The molecule has 2 fully saturated rings. The number of hydrogen-bond acceptors (Lipinski definition) is 3. The van der Waals surface area contributed by atoms with Gasteiger partial charge in [-0.15, -0.1) is 0 Å². The molecule has 2 amide bonds. The van der Waals surface area contributed by atoms with Gasteiger partial charge in [0.2, 0.25) is 0 Å². The van der Waals surface area contributed by atoms with Crippen molar-refractivity contribution in [1.29, 1.82) is 0 Å². The molecule has 0 radical (unpaired) electrons. The summed E-state index contributed by atoms with van der Waals surface area (Å²) >= 11 is 6.09. The van der Waals surface area contributed by atoms with Crippen molar-refractivity contribution >= 4 is 23.3 Å². The molecule has 3 rings (SSSR count). The van der Waals surface area contributed by atoms with E-state index in [2.05, 4.69) is 21.6 Å². The third-order valence-electron chi connectivity index (χ3n) is 3.98. The Hall–Kier alpha value is -1.46. The first-order valence-electron chi connectivity index (χ1n) is 6.91. The van der Waals surface area contributed by atoms with Gasteiger partial charge in [0.15, 0.2) is 0 Å². The van der Waals surface area contributed by atoms with Crippen LogP contribution in [0.3, 0.4) is 0 Å². The minimum absolute atomic E-state index is 0.0706. The highest BCUT2D eigenvalue weighted by Gasteiger charge is 2.35. The zero-order valence-corrected chi connectivity index (χ0v) is 12.3. The Balaban J connectivity index is 1.81. The number of fused-ring (bicyclic) bond motifs is 1. The molecule has 6 heteroatoms. The monoisotopic (exact) mass is 294 g/mol. The molecule has 2 heterocycles. The van der Waals surface area contributed by atoms with Crippen LogP contribution in [0.2, 0.25) is 5.02 Å². The number of piperazine rings is 1. The van der Waals surface area contributed by atoms with Crippen molar-refractivity contribution in [1.82, 2.24) is 15.5 Å². The summed E-state index contributed by atoms with van der Waals surface area (Å²) in [6.07, 6.45) is 0. The molecule has 0 spiro atoms. The summed E-state index contributed by atoms with van der Waals surface area (Å²) in [5, 5.41) is 6.85. The lowest BCUT2D eigenvalue weighted by Crippen LogP contribution is -2.52. The van der Waals surface area contributed by atoms with Gasteiger partial charge in [0.25, 0.3) is 0 Å². The van der Waals surface area contributed by atoms with Crippen molar-refractivity contribution in [2.75, 3.05) is 38.1 Å². The molecule has 1 aromatic carbocycles. The van der Waals surface area contributed by atoms with Crippen molar-refractivity contribution in [3.8, 4) is 0 Å². The van der Waals surface area contributed by atoms with Gasteiger partial charge in [0.05, 0.1) is 6.04 Å². The first-order chi connectivity index (χ1) is 9.69. The van der Waals surface area contributed by atoms with Crippen molar-refractivity contribution in [2.24, 2.45) is 0 Å². The van der Waals surface area contributed by atoms with E-state index in [1.54, 1.807) is 0 Å². The van der Waals surface area contributed by atoms with Gasteiger partial charge >= 0.3 is 6.03 Å². The van der Waals surface area contributed by atoms with Crippen molar-refractivity contribution < 1.29 is 4.79 Å². The number of amides is 2. The summed E-state index contributed by atoms with van der Waals surface area (Å²) < 4.78 is 0. The third-order valence-corrected chi connectivity index (χ3v) is 4.22. The van der Waals surface area contributed by atoms with Gasteiger partial charge < -0.3 is 20.4 Å².